The number of rotatable bonds is 11. The second-order valence-corrected chi connectivity index (χ2v) is 12.7. The van der Waals surface area contributed by atoms with E-state index in [0.717, 1.165) is 63.0 Å². The molecule has 0 bridgehead atoms. The van der Waals surface area contributed by atoms with Gasteiger partial charge in [0.15, 0.2) is 10.9 Å². The molecule has 2 N–H and O–H groups in total. The predicted octanol–water partition coefficient (Wildman–Crippen LogP) is 7.78. The van der Waals surface area contributed by atoms with Crippen LogP contribution in [0.3, 0.4) is 0 Å². The van der Waals surface area contributed by atoms with E-state index in [1.54, 1.807) is 12.1 Å². The molecule has 2 aromatic heterocycles. The highest BCUT2D eigenvalue weighted by Crippen LogP contribution is 2.43. The Morgan fingerprint density at radius 2 is 1.93 bits per heavy atom. The van der Waals surface area contributed by atoms with Crippen molar-refractivity contribution in [2.45, 2.75) is 51.0 Å². The zero-order valence-corrected chi connectivity index (χ0v) is 25.8. The summed E-state index contributed by atoms with van der Waals surface area (Å²) in [7, 11) is 0. The number of nitrogen functional groups attached to an aromatic ring is 1. The number of hydrogen-bond acceptors (Lipinski definition) is 8. The van der Waals surface area contributed by atoms with Crippen LogP contribution in [-0.2, 0) is 0 Å². The second kappa shape index (κ2) is 12.3. The van der Waals surface area contributed by atoms with Gasteiger partial charge in [0.2, 0.25) is 0 Å². The van der Waals surface area contributed by atoms with E-state index in [1.807, 2.05) is 4.90 Å². The van der Waals surface area contributed by atoms with Crippen molar-refractivity contribution in [2.75, 3.05) is 43.4 Å². The number of thiazole rings is 1. The molecule has 0 spiro atoms. The molecule has 0 atom stereocenters. The molecule has 2 aliphatic heterocycles. The highest BCUT2D eigenvalue weighted by molar-refractivity contribution is 7.22. The monoisotopic (exact) mass is 624 g/mol. The third-order valence-corrected chi connectivity index (χ3v) is 9.69. The molecule has 226 valence electrons. The smallest absolute Gasteiger partial charge is 0.319 e. The zero-order chi connectivity index (χ0) is 30.1. The van der Waals surface area contributed by atoms with Gasteiger partial charge in [0, 0.05) is 29.6 Å². The number of ether oxygens (including phenoxy) is 1. The molecule has 11 heteroatoms. The molecule has 2 aromatic carbocycles. The molecule has 0 saturated carbocycles. The molecule has 4 aromatic rings. The topological polar surface area (TPSA) is 80.4 Å². The van der Waals surface area contributed by atoms with Gasteiger partial charge in [-0.25, -0.2) is 13.8 Å². The van der Waals surface area contributed by atoms with Gasteiger partial charge >= 0.3 is 6.01 Å². The maximum atomic E-state index is 16.7. The van der Waals surface area contributed by atoms with Gasteiger partial charge in [0.1, 0.15) is 23.8 Å². The van der Waals surface area contributed by atoms with E-state index in [-0.39, 0.29) is 43.0 Å². The van der Waals surface area contributed by atoms with Crippen LogP contribution >= 0.6 is 22.9 Å². The number of unbranched alkanes of at least 4 members (excludes halogenated alkanes) is 1. The van der Waals surface area contributed by atoms with E-state index >= 15 is 4.39 Å². The fourth-order valence-electron chi connectivity index (χ4n) is 6.46. The largest absolute Gasteiger partial charge is 0.461 e. The molecule has 0 aliphatic carbocycles. The third-order valence-electron chi connectivity index (χ3n) is 8.50. The van der Waals surface area contributed by atoms with Gasteiger partial charge in [0.25, 0.3) is 0 Å². The van der Waals surface area contributed by atoms with Crippen molar-refractivity contribution in [2.24, 2.45) is 0 Å². The van der Waals surface area contributed by atoms with Gasteiger partial charge in [-0.2, -0.15) is 9.97 Å². The molecular weight excluding hydrogens is 590 g/mol. The number of hydrogen-bond donors (Lipinski definition) is 1. The number of halogens is 3. The predicted molar refractivity (Wildman–Crippen MR) is 172 cm³/mol. The van der Waals surface area contributed by atoms with Crippen molar-refractivity contribution >= 4 is 55.0 Å². The summed E-state index contributed by atoms with van der Waals surface area (Å²) in [5.74, 6) is -0.631. The Morgan fingerprint density at radius 1 is 1.14 bits per heavy atom. The highest BCUT2D eigenvalue weighted by Gasteiger charge is 2.45. The molecule has 0 amide bonds. The van der Waals surface area contributed by atoms with E-state index in [1.165, 1.54) is 12.1 Å². The highest BCUT2D eigenvalue weighted by atomic mass is 35.5. The summed E-state index contributed by atoms with van der Waals surface area (Å²) < 4.78 is 37.9. The van der Waals surface area contributed by atoms with Gasteiger partial charge in [-0.05, 0) is 63.4 Å². The summed E-state index contributed by atoms with van der Waals surface area (Å²) in [6, 6.07) is 4.52. The number of nitrogens with zero attached hydrogens (tertiary/aromatic N) is 5. The van der Waals surface area contributed by atoms with Gasteiger partial charge < -0.3 is 15.4 Å². The average Bonchev–Trinajstić information content (AvgIpc) is 3.69. The Labute approximate surface area is 259 Å². The van der Waals surface area contributed by atoms with E-state index < -0.39 is 11.6 Å². The van der Waals surface area contributed by atoms with Crippen molar-refractivity contribution < 1.29 is 13.5 Å². The standard InChI is InChI=1S/C32H35ClF2N6OS/c1-3-5-6-7-15-40(14-4-2)29-21-18-22(33)24(20-10-11-23(34)28-27(20)37-30(36)43-28)25(35)26(21)38-31(39-29)42-19-32-12-8-16-41(32)17-9-13-32/h4,6-7,10-11,18H,2-3,5,8-9,12-17,19H2,1H3,(H2,36,37)/b7-6-. The number of nitrogens with two attached hydrogens (primary N) is 1. The van der Waals surface area contributed by atoms with E-state index in [2.05, 4.69) is 40.5 Å². The number of benzene rings is 2. The van der Waals surface area contributed by atoms with Gasteiger partial charge in [0.05, 0.1) is 20.8 Å². The first kappa shape index (κ1) is 29.7. The summed E-state index contributed by atoms with van der Waals surface area (Å²) in [6.07, 6.45) is 12.4. The summed E-state index contributed by atoms with van der Waals surface area (Å²) in [5, 5.41) is 0.763. The lowest BCUT2D eigenvalue weighted by molar-refractivity contribution is 0.108. The molecule has 7 nitrogen and oxygen atoms in total. The molecule has 6 rings (SSSR count). The van der Waals surface area contributed by atoms with Crippen molar-refractivity contribution in [3.05, 3.63) is 59.7 Å². The minimum absolute atomic E-state index is 0.0316. The van der Waals surface area contributed by atoms with Crippen molar-refractivity contribution in [3.8, 4) is 17.1 Å². The fraction of sp³-hybridized carbons (Fsp3) is 0.406. The first-order valence-electron chi connectivity index (χ1n) is 14.8. The van der Waals surface area contributed by atoms with Crippen LogP contribution in [0, 0.1) is 11.6 Å². The van der Waals surface area contributed by atoms with Crippen LogP contribution in [0.1, 0.15) is 45.4 Å². The number of fused-ring (bicyclic) bond motifs is 3. The van der Waals surface area contributed by atoms with Crippen LogP contribution in [0.5, 0.6) is 6.01 Å². The molecule has 2 aliphatic rings. The van der Waals surface area contributed by atoms with Crippen molar-refractivity contribution in [3.63, 3.8) is 0 Å². The first-order chi connectivity index (χ1) is 20.8. The Morgan fingerprint density at radius 3 is 2.67 bits per heavy atom. The molecule has 43 heavy (non-hydrogen) atoms. The van der Waals surface area contributed by atoms with Gasteiger partial charge in [-0.15, -0.1) is 6.58 Å². The zero-order valence-electron chi connectivity index (χ0n) is 24.2. The van der Waals surface area contributed by atoms with Crippen molar-refractivity contribution in [1.82, 2.24) is 19.9 Å². The first-order valence-corrected chi connectivity index (χ1v) is 16.0. The Kier molecular flexibility index (Phi) is 8.53. The Bertz CT molecular complexity index is 1700. The summed E-state index contributed by atoms with van der Waals surface area (Å²) in [6.45, 7) is 9.63. The van der Waals surface area contributed by atoms with Crippen LogP contribution in [0.4, 0.5) is 19.7 Å². The maximum Gasteiger partial charge on any atom is 0.319 e. The van der Waals surface area contributed by atoms with E-state index in [0.29, 0.717) is 36.5 Å². The minimum atomic E-state index is -0.655. The average molecular weight is 625 g/mol. The summed E-state index contributed by atoms with van der Waals surface area (Å²) in [4.78, 5) is 18.2. The number of anilines is 2. The molecule has 2 fully saturated rings. The molecule has 4 heterocycles. The Balaban J connectivity index is 1.50. The summed E-state index contributed by atoms with van der Waals surface area (Å²) >= 11 is 7.81. The minimum Gasteiger partial charge on any atom is -0.461 e. The number of allylic oxidation sites excluding steroid dienone is 1. The maximum absolute atomic E-state index is 16.7. The number of aromatic nitrogens is 3. The van der Waals surface area contributed by atoms with E-state index in [4.69, 9.17) is 27.1 Å². The second-order valence-electron chi connectivity index (χ2n) is 11.3. The van der Waals surface area contributed by atoms with Crippen LogP contribution in [0.15, 0.2) is 43.0 Å². The molecule has 0 radical (unpaired) electrons. The van der Waals surface area contributed by atoms with Crippen LogP contribution in [0.2, 0.25) is 5.02 Å². The van der Waals surface area contributed by atoms with E-state index in [9.17, 15) is 4.39 Å². The Hall–Kier alpha value is -3.34. The lowest BCUT2D eigenvalue weighted by Crippen LogP contribution is -2.43. The lowest BCUT2D eigenvalue weighted by atomic mass is 9.95. The lowest BCUT2D eigenvalue weighted by Gasteiger charge is -2.31. The van der Waals surface area contributed by atoms with Crippen LogP contribution in [0.25, 0.3) is 32.2 Å². The normalized spacial score (nSPS) is 16.5. The molecular formula is C32H35ClF2N6OS. The summed E-state index contributed by atoms with van der Waals surface area (Å²) in [5.41, 5.74) is 6.62. The fourth-order valence-corrected chi connectivity index (χ4v) is 7.51. The molecule has 0 unspecified atom stereocenters. The van der Waals surface area contributed by atoms with Crippen LogP contribution in [-0.4, -0.2) is 58.2 Å². The third kappa shape index (κ3) is 5.56. The SMILES string of the molecule is C=CCN(C/C=C\CCC)c1nc(OCC23CCCN2CCC3)nc2c(F)c(-c3ccc(F)c4sc(N)nc34)c(Cl)cc12. The van der Waals surface area contributed by atoms with Crippen LogP contribution < -0.4 is 15.4 Å². The van der Waals surface area contributed by atoms with Crippen molar-refractivity contribution in [1.29, 1.82) is 0 Å². The van der Waals surface area contributed by atoms with Gasteiger partial charge in [-0.1, -0.05) is 54.5 Å². The van der Waals surface area contributed by atoms with Gasteiger partial charge in [-0.3, -0.25) is 4.90 Å². The quantitative estimate of drug-likeness (QED) is 0.171. The molecule has 2 saturated heterocycles.